The third kappa shape index (κ3) is 3.36. The Kier molecular flexibility index (Phi) is 4.66. The van der Waals surface area contributed by atoms with Gasteiger partial charge in [0.15, 0.2) is 0 Å². The molecular formula is C19H24FNO. The maximum absolute atomic E-state index is 13.2. The molecule has 22 heavy (non-hydrogen) atoms. The lowest BCUT2D eigenvalue weighted by Crippen LogP contribution is -2.17. The molecule has 0 unspecified atom stereocenters. The molecule has 118 valence electrons. The number of rotatable bonds is 3. The molecule has 0 saturated heterocycles. The van der Waals surface area contributed by atoms with Crippen LogP contribution in [-0.4, -0.2) is 10.1 Å². The van der Waals surface area contributed by atoms with E-state index in [9.17, 15) is 9.50 Å². The summed E-state index contributed by atoms with van der Waals surface area (Å²) >= 11 is 0. The SMILES string of the molecule is CC(C)c1nc(C(C)(C)C)cc(-c2ccc(F)cc2)c1CO. The fourth-order valence-corrected chi connectivity index (χ4v) is 2.51. The molecule has 0 bridgehead atoms. The quantitative estimate of drug-likeness (QED) is 0.883. The molecule has 3 heteroatoms. The summed E-state index contributed by atoms with van der Waals surface area (Å²) in [5.41, 5.74) is 4.47. The number of hydrogen-bond acceptors (Lipinski definition) is 2. The first kappa shape index (κ1) is 16.6. The van der Waals surface area contributed by atoms with Crippen LogP contribution in [0.1, 0.15) is 57.5 Å². The van der Waals surface area contributed by atoms with Gasteiger partial charge in [-0.15, -0.1) is 0 Å². The van der Waals surface area contributed by atoms with Gasteiger partial charge in [0.25, 0.3) is 0 Å². The second kappa shape index (κ2) is 6.17. The van der Waals surface area contributed by atoms with Gasteiger partial charge in [0.05, 0.1) is 6.61 Å². The minimum atomic E-state index is -0.261. The molecule has 1 aromatic carbocycles. The molecule has 1 N–H and O–H groups in total. The van der Waals surface area contributed by atoms with Crippen LogP contribution in [0.2, 0.25) is 0 Å². The Hall–Kier alpha value is -1.74. The van der Waals surface area contributed by atoms with Crippen LogP contribution in [0.4, 0.5) is 4.39 Å². The van der Waals surface area contributed by atoms with Crippen LogP contribution >= 0.6 is 0 Å². The Morgan fingerprint density at radius 2 is 1.73 bits per heavy atom. The highest BCUT2D eigenvalue weighted by atomic mass is 19.1. The topological polar surface area (TPSA) is 33.1 Å². The molecule has 0 aliphatic rings. The molecule has 0 spiro atoms. The van der Waals surface area contributed by atoms with Crippen LogP contribution in [0.15, 0.2) is 30.3 Å². The van der Waals surface area contributed by atoms with E-state index in [-0.39, 0.29) is 23.8 Å². The van der Waals surface area contributed by atoms with E-state index in [0.717, 1.165) is 28.1 Å². The lowest BCUT2D eigenvalue weighted by atomic mass is 9.86. The third-order valence-corrected chi connectivity index (χ3v) is 3.78. The van der Waals surface area contributed by atoms with Gasteiger partial charge in [-0.05, 0) is 35.2 Å². The van der Waals surface area contributed by atoms with Crippen molar-refractivity contribution >= 4 is 0 Å². The van der Waals surface area contributed by atoms with Crippen LogP contribution in [0.5, 0.6) is 0 Å². The van der Waals surface area contributed by atoms with Gasteiger partial charge in [-0.25, -0.2) is 4.39 Å². The summed E-state index contributed by atoms with van der Waals surface area (Å²) in [6, 6.07) is 8.41. The highest BCUT2D eigenvalue weighted by Crippen LogP contribution is 2.33. The van der Waals surface area contributed by atoms with Crippen molar-refractivity contribution in [3.05, 3.63) is 53.1 Å². The molecule has 0 amide bonds. The normalized spacial score (nSPS) is 12.0. The zero-order valence-corrected chi connectivity index (χ0v) is 13.9. The molecule has 0 aliphatic heterocycles. The van der Waals surface area contributed by atoms with Crippen molar-refractivity contribution < 1.29 is 9.50 Å². The Morgan fingerprint density at radius 3 is 2.18 bits per heavy atom. The standard InChI is InChI=1S/C19H24FNO/c1-12(2)18-16(11-22)15(10-17(21-18)19(3,4)5)13-6-8-14(20)9-7-13/h6-10,12,22H,11H2,1-5H3. The van der Waals surface area contributed by atoms with Gasteiger partial charge < -0.3 is 5.11 Å². The summed E-state index contributed by atoms with van der Waals surface area (Å²) in [7, 11) is 0. The van der Waals surface area contributed by atoms with Gasteiger partial charge >= 0.3 is 0 Å². The molecule has 1 aromatic heterocycles. The number of pyridine rings is 1. The summed E-state index contributed by atoms with van der Waals surface area (Å²) < 4.78 is 13.2. The Bertz CT molecular complexity index is 654. The van der Waals surface area contributed by atoms with E-state index in [1.807, 2.05) is 6.07 Å². The number of nitrogens with zero attached hydrogens (tertiary/aromatic N) is 1. The molecule has 0 saturated carbocycles. The van der Waals surface area contributed by atoms with E-state index in [0.29, 0.717) is 0 Å². The van der Waals surface area contributed by atoms with Gasteiger partial charge in [-0.1, -0.05) is 46.8 Å². The van der Waals surface area contributed by atoms with Crippen LogP contribution in [0.25, 0.3) is 11.1 Å². The number of halogens is 1. The minimum Gasteiger partial charge on any atom is -0.392 e. The highest BCUT2D eigenvalue weighted by molar-refractivity contribution is 5.69. The summed E-state index contributed by atoms with van der Waals surface area (Å²) in [6.07, 6.45) is 0. The summed E-state index contributed by atoms with van der Waals surface area (Å²) in [6.45, 7) is 10.4. The predicted molar refractivity (Wildman–Crippen MR) is 88.3 cm³/mol. The van der Waals surface area contributed by atoms with E-state index < -0.39 is 0 Å². The van der Waals surface area contributed by atoms with Crippen LogP contribution < -0.4 is 0 Å². The number of benzene rings is 1. The fraction of sp³-hybridized carbons (Fsp3) is 0.421. The summed E-state index contributed by atoms with van der Waals surface area (Å²) in [5, 5.41) is 9.84. The zero-order chi connectivity index (χ0) is 16.5. The highest BCUT2D eigenvalue weighted by Gasteiger charge is 2.22. The van der Waals surface area contributed by atoms with Crippen LogP contribution in [0, 0.1) is 5.82 Å². The van der Waals surface area contributed by atoms with Gasteiger partial charge in [-0.3, -0.25) is 4.98 Å². The van der Waals surface area contributed by atoms with Crippen LogP contribution in [0.3, 0.4) is 0 Å². The van der Waals surface area contributed by atoms with Crippen molar-refractivity contribution in [3.8, 4) is 11.1 Å². The molecule has 2 aromatic rings. The minimum absolute atomic E-state index is 0.0718. The number of aliphatic hydroxyl groups excluding tert-OH is 1. The molecule has 0 fully saturated rings. The van der Waals surface area contributed by atoms with E-state index in [1.54, 1.807) is 12.1 Å². The third-order valence-electron chi connectivity index (χ3n) is 3.78. The lowest BCUT2D eigenvalue weighted by Gasteiger charge is -2.24. The first-order valence-corrected chi connectivity index (χ1v) is 7.65. The molecule has 2 rings (SSSR count). The summed E-state index contributed by atoms with van der Waals surface area (Å²) in [4.78, 5) is 4.78. The van der Waals surface area contributed by atoms with Crippen molar-refractivity contribution in [2.24, 2.45) is 0 Å². The van der Waals surface area contributed by atoms with Crippen molar-refractivity contribution in [3.63, 3.8) is 0 Å². The average molecular weight is 301 g/mol. The largest absolute Gasteiger partial charge is 0.392 e. The van der Waals surface area contributed by atoms with E-state index >= 15 is 0 Å². The molecule has 0 atom stereocenters. The molecule has 0 radical (unpaired) electrons. The van der Waals surface area contributed by atoms with E-state index in [1.165, 1.54) is 12.1 Å². The van der Waals surface area contributed by atoms with E-state index in [4.69, 9.17) is 4.98 Å². The maximum atomic E-state index is 13.2. The van der Waals surface area contributed by atoms with Crippen molar-refractivity contribution in [2.75, 3.05) is 0 Å². The maximum Gasteiger partial charge on any atom is 0.123 e. The lowest BCUT2D eigenvalue weighted by molar-refractivity contribution is 0.279. The predicted octanol–water partition coefficient (Wildman–Crippen LogP) is 4.80. The smallest absolute Gasteiger partial charge is 0.123 e. The summed E-state index contributed by atoms with van der Waals surface area (Å²) in [5.74, 6) is -0.0490. The second-order valence-corrected chi connectivity index (χ2v) is 6.99. The van der Waals surface area contributed by atoms with Crippen molar-refractivity contribution in [1.82, 2.24) is 4.98 Å². The Morgan fingerprint density at radius 1 is 1.14 bits per heavy atom. The van der Waals surface area contributed by atoms with Crippen molar-refractivity contribution in [1.29, 1.82) is 0 Å². The van der Waals surface area contributed by atoms with E-state index in [2.05, 4.69) is 34.6 Å². The number of hydrogen-bond donors (Lipinski definition) is 1. The van der Waals surface area contributed by atoms with Crippen molar-refractivity contribution in [2.45, 2.75) is 52.6 Å². The molecule has 2 nitrogen and oxygen atoms in total. The first-order chi connectivity index (χ1) is 10.2. The fourth-order valence-electron chi connectivity index (χ4n) is 2.51. The Labute approximate surface area is 132 Å². The second-order valence-electron chi connectivity index (χ2n) is 6.99. The van der Waals surface area contributed by atoms with Crippen LogP contribution in [-0.2, 0) is 12.0 Å². The molecule has 0 aliphatic carbocycles. The first-order valence-electron chi connectivity index (χ1n) is 7.65. The zero-order valence-electron chi connectivity index (χ0n) is 13.9. The van der Waals surface area contributed by atoms with Gasteiger partial charge in [0.2, 0.25) is 0 Å². The Balaban J connectivity index is 2.74. The molecule has 1 heterocycles. The average Bonchev–Trinajstić information content (AvgIpc) is 2.45. The van der Waals surface area contributed by atoms with Gasteiger partial charge in [0, 0.05) is 22.4 Å². The van der Waals surface area contributed by atoms with Gasteiger partial charge in [-0.2, -0.15) is 0 Å². The number of aromatic nitrogens is 1. The monoisotopic (exact) mass is 301 g/mol. The van der Waals surface area contributed by atoms with Gasteiger partial charge in [0.1, 0.15) is 5.82 Å². The number of aliphatic hydroxyl groups is 1. The molecular weight excluding hydrogens is 277 g/mol.